The Morgan fingerprint density at radius 3 is 2.43 bits per heavy atom. The molecule has 0 saturated carbocycles. The van der Waals surface area contributed by atoms with Gasteiger partial charge in [0, 0.05) is 13.7 Å². The first-order valence-corrected chi connectivity index (χ1v) is 7.87. The SMILES string of the molecule is COc1ccc(CCCNC(=O)C2(OC)CCNCC2)cc1.Cl. The summed E-state index contributed by atoms with van der Waals surface area (Å²) in [6.07, 6.45) is 3.31. The number of ether oxygens (including phenoxy) is 2. The number of halogens is 1. The first kappa shape index (κ1) is 19.7. The highest BCUT2D eigenvalue weighted by atomic mass is 35.5. The van der Waals surface area contributed by atoms with Gasteiger partial charge in [-0.1, -0.05) is 12.1 Å². The van der Waals surface area contributed by atoms with Crippen molar-refractivity contribution in [2.45, 2.75) is 31.3 Å². The number of carbonyl (C=O) groups is 1. The van der Waals surface area contributed by atoms with E-state index in [1.165, 1.54) is 5.56 Å². The molecule has 6 heteroatoms. The molecule has 0 radical (unpaired) electrons. The molecule has 1 saturated heterocycles. The molecule has 0 spiro atoms. The van der Waals surface area contributed by atoms with Crippen molar-refractivity contribution >= 4 is 18.3 Å². The Morgan fingerprint density at radius 2 is 1.87 bits per heavy atom. The number of piperidine rings is 1. The van der Waals surface area contributed by atoms with Crippen LogP contribution in [0.2, 0.25) is 0 Å². The zero-order valence-electron chi connectivity index (χ0n) is 13.9. The summed E-state index contributed by atoms with van der Waals surface area (Å²) in [4.78, 5) is 12.4. The van der Waals surface area contributed by atoms with Gasteiger partial charge in [-0.15, -0.1) is 12.4 Å². The van der Waals surface area contributed by atoms with Gasteiger partial charge in [-0.25, -0.2) is 0 Å². The van der Waals surface area contributed by atoms with E-state index in [9.17, 15) is 4.79 Å². The average molecular weight is 343 g/mol. The van der Waals surface area contributed by atoms with Crippen molar-refractivity contribution in [2.24, 2.45) is 0 Å². The maximum absolute atomic E-state index is 12.4. The Morgan fingerprint density at radius 1 is 1.22 bits per heavy atom. The van der Waals surface area contributed by atoms with E-state index in [1.54, 1.807) is 14.2 Å². The van der Waals surface area contributed by atoms with E-state index in [0.717, 1.165) is 44.5 Å². The third-order valence-corrected chi connectivity index (χ3v) is 4.30. The van der Waals surface area contributed by atoms with Crippen LogP contribution >= 0.6 is 12.4 Å². The molecule has 23 heavy (non-hydrogen) atoms. The molecule has 1 aromatic carbocycles. The van der Waals surface area contributed by atoms with Crippen LogP contribution in [0.15, 0.2) is 24.3 Å². The van der Waals surface area contributed by atoms with Gasteiger partial charge in [0.2, 0.25) is 0 Å². The second-order valence-electron chi connectivity index (χ2n) is 5.66. The molecule has 5 nitrogen and oxygen atoms in total. The Bertz CT molecular complexity index is 473. The van der Waals surface area contributed by atoms with Crippen molar-refractivity contribution in [3.63, 3.8) is 0 Å². The zero-order chi connectivity index (χ0) is 15.8. The van der Waals surface area contributed by atoms with Crippen molar-refractivity contribution in [1.29, 1.82) is 0 Å². The summed E-state index contributed by atoms with van der Waals surface area (Å²) in [7, 11) is 3.29. The van der Waals surface area contributed by atoms with E-state index in [4.69, 9.17) is 9.47 Å². The predicted octanol–water partition coefficient (Wildman–Crippen LogP) is 1.93. The van der Waals surface area contributed by atoms with E-state index in [-0.39, 0.29) is 18.3 Å². The normalized spacial score (nSPS) is 16.3. The van der Waals surface area contributed by atoms with Crippen LogP contribution in [0.5, 0.6) is 5.75 Å². The molecule has 1 aromatic rings. The van der Waals surface area contributed by atoms with Crippen LogP contribution in [0, 0.1) is 0 Å². The molecule has 0 aliphatic carbocycles. The smallest absolute Gasteiger partial charge is 0.252 e. The summed E-state index contributed by atoms with van der Waals surface area (Å²) in [5, 5.41) is 6.28. The van der Waals surface area contributed by atoms with Crippen LogP contribution in [0.3, 0.4) is 0 Å². The molecule has 2 N–H and O–H groups in total. The number of carbonyl (C=O) groups excluding carboxylic acids is 1. The minimum atomic E-state index is -0.647. The zero-order valence-corrected chi connectivity index (χ0v) is 14.7. The minimum Gasteiger partial charge on any atom is -0.497 e. The molecule has 0 unspecified atom stereocenters. The molecule has 1 fully saturated rings. The molecule has 0 aromatic heterocycles. The molecular weight excluding hydrogens is 316 g/mol. The Kier molecular flexibility index (Phi) is 8.37. The highest BCUT2D eigenvalue weighted by Gasteiger charge is 2.39. The van der Waals surface area contributed by atoms with Gasteiger partial charge in [-0.05, 0) is 56.5 Å². The maximum Gasteiger partial charge on any atom is 0.252 e. The van der Waals surface area contributed by atoms with Crippen molar-refractivity contribution < 1.29 is 14.3 Å². The van der Waals surface area contributed by atoms with Crippen LogP contribution in [0.25, 0.3) is 0 Å². The van der Waals surface area contributed by atoms with Crippen molar-refractivity contribution in [3.8, 4) is 5.75 Å². The van der Waals surface area contributed by atoms with E-state index in [1.807, 2.05) is 12.1 Å². The van der Waals surface area contributed by atoms with Crippen molar-refractivity contribution in [2.75, 3.05) is 33.9 Å². The Balaban J connectivity index is 0.00000264. The highest BCUT2D eigenvalue weighted by molar-refractivity contribution is 5.85. The monoisotopic (exact) mass is 342 g/mol. The highest BCUT2D eigenvalue weighted by Crippen LogP contribution is 2.22. The molecule has 1 heterocycles. The second-order valence-corrected chi connectivity index (χ2v) is 5.66. The van der Waals surface area contributed by atoms with E-state index in [2.05, 4.69) is 22.8 Å². The lowest BCUT2D eigenvalue weighted by atomic mass is 9.91. The third-order valence-electron chi connectivity index (χ3n) is 4.30. The molecule has 1 amide bonds. The largest absolute Gasteiger partial charge is 0.497 e. The van der Waals surface area contributed by atoms with Crippen molar-refractivity contribution in [3.05, 3.63) is 29.8 Å². The lowest BCUT2D eigenvalue weighted by Gasteiger charge is -2.34. The molecule has 0 atom stereocenters. The number of rotatable bonds is 7. The summed E-state index contributed by atoms with van der Waals surface area (Å²) >= 11 is 0. The molecule has 130 valence electrons. The minimum absolute atomic E-state index is 0. The lowest BCUT2D eigenvalue weighted by Crippen LogP contribution is -2.54. The number of amides is 1. The first-order valence-electron chi connectivity index (χ1n) is 7.87. The number of methoxy groups -OCH3 is 2. The average Bonchev–Trinajstić information content (AvgIpc) is 2.59. The summed E-state index contributed by atoms with van der Waals surface area (Å²) in [5.41, 5.74) is 0.601. The number of hydrogen-bond acceptors (Lipinski definition) is 4. The van der Waals surface area contributed by atoms with E-state index < -0.39 is 5.60 Å². The summed E-state index contributed by atoms with van der Waals surface area (Å²) in [6, 6.07) is 8.04. The fourth-order valence-corrected chi connectivity index (χ4v) is 2.80. The first-order chi connectivity index (χ1) is 10.7. The van der Waals surface area contributed by atoms with Crippen LogP contribution in [0.1, 0.15) is 24.8 Å². The standard InChI is InChI=1S/C17H26N2O3.ClH/c1-21-15-7-5-14(6-8-15)4-3-11-19-16(20)17(22-2)9-12-18-13-10-17;/h5-8,18H,3-4,9-13H2,1-2H3,(H,19,20);1H. The molecular formula is C17H27ClN2O3. The van der Waals surface area contributed by atoms with Gasteiger partial charge >= 0.3 is 0 Å². The van der Waals surface area contributed by atoms with Crippen molar-refractivity contribution in [1.82, 2.24) is 10.6 Å². The van der Waals surface area contributed by atoms with Gasteiger partial charge in [0.15, 0.2) is 0 Å². The second kappa shape index (κ2) is 9.75. The Hall–Kier alpha value is -1.30. The van der Waals surface area contributed by atoms with Crippen LogP contribution in [0.4, 0.5) is 0 Å². The summed E-state index contributed by atoms with van der Waals surface area (Å²) in [5.74, 6) is 0.885. The fourth-order valence-electron chi connectivity index (χ4n) is 2.80. The molecule has 0 bridgehead atoms. The van der Waals surface area contributed by atoms with Gasteiger partial charge in [0.25, 0.3) is 5.91 Å². The predicted molar refractivity (Wildman–Crippen MR) is 93.4 cm³/mol. The third kappa shape index (κ3) is 5.37. The number of benzene rings is 1. The Labute approximate surface area is 144 Å². The fraction of sp³-hybridized carbons (Fsp3) is 0.588. The number of aryl methyl sites for hydroxylation is 1. The van der Waals surface area contributed by atoms with Gasteiger partial charge in [-0.3, -0.25) is 4.79 Å². The van der Waals surface area contributed by atoms with E-state index >= 15 is 0 Å². The van der Waals surface area contributed by atoms with Gasteiger partial charge in [0.05, 0.1) is 7.11 Å². The van der Waals surface area contributed by atoms with Crippen LogP contribution in [-0.4, -0.2) is 45.4 Å². The lowest BCUT2D eigenvalue weighted by molar-refractivity contribution is -0.146. The molecule has 1 aliphatic rings. The topological polar surface area (TPSA) is 59.6 Å². The van der Waals surface area contributed by atoms with Gasteiger partial charge < -0.3 is 20.1 Å². The van der Waals surface area contributed by atoms with Crippen LogP contribution in [-0.2, 0) is 16.0 Å². The molecule has 2 rings (SSSR count). The quantitative estimate of drug-likeness (QED) is 0.743. The number of hydrogen-bond donors (Lipinski definition) is 2. The van der Waals surface area contributed by atoms with Crippen LogP contribution < -0.4 is 15.4 Å². The summed E-state index contributed by atoms with van der Waals surface area (Å²) in [6.45, 7) is 2.32. The maximum atomic E-state index is 12.4. The van der Waals surface area contributed by atoms with Gasteiger partial charge in [-0.2, -0.15) is 0 Å². The van der Waals surface area contributed by atoms with E-state index in [0.29, 0.717) is 6.54 Å². The van der Waals surface area contributed by atoms with Gasteiger partial charge in [0.1, 0.15) is 11.4 Å². The molecule has 1 aliphatic heterocycles. The number of nitrogens with one attached hydrogen (secondary N) is 2. The summed E-state index contributed by atoms with van der Waals surface area (Å²) < 4.78 is 10.7.